The number of sulfonamides is 1. The molecule has 1 aromatic heterocycles. The zero-order valence-corrected chi connectivity index (χ0v) is 12.2. The summed E-state index contributed by atoms with van der Waals surface area (Å²) in [7, 11) is -3.63. The number of aromatic carboxylic acids is 1. The van der Waals surface area contributed by atoms with Gasteiger partial charge in [-0.15, -0.1) is 11.3 Å². The highest BCUT2D eigenvalue weighted by molar-refractivity contribution is 7.91. The lowest BCUT2D eigenvalue weighted by Crippen LogP contribution is -2.47. The van der Waals surface area contributed by atoms with Gasteiger partial charge in [-0.05, 0) is 26.0 Å². The maximum atomic E-state index is 12.4. The standard InChI is InChI=1S/C11H15NO5S2/c1-7-5-12(6-8(2)17-7)19(15,16)10-4-3-9(18-10)11(13)14/h3-4,7-8H,5-6H2,1-2H3,(H,13,14). The number of hydrogen-bond donors (Lipinski definition) is 1. The third kappa shape index (κ3) is 2.97. The molecule has 2 atom stereocenters. The van der Waals surface area contributed by atoms with E-state index in [-0.39, 0.29) is 34.4 Å². The first kappa shape index (κ1) is 14.4. The van der Waals surface area contributed by atoms with Gasteiger partial charge in [-0.25, -0.2) is 13.2 Å². The first-order chi connectivity index (χ1) is 8.80. The van der Waals surface area contributed by atoms with Gasteiger partial charge in [-0.3, -0.25) is 0 Å². The summed E-state index contributed by atoms with van der Waals surface area (Å²) in [6.45, 7) is 4.20. The molecule has 1 N–H and O–H groups in total. The quantitative estimate of drug-likeness (QED) is 0.908. The molecule has 0 bridgehead atoms. The average molecular weight is 305 g/mol. The summed E-state index contributed by atoms with van der Waals surface area (Å²) in [4.78, 5) is 10.8. The number of rotatable bonds is 3. The Labute approximate surface area is 115 Å². The van der Waals surface area contributed by atoms with Crippen molar-refractivity contribution < 1.29 is 23.1 Å². The summed E-state index contributed by atoms with van der Waals surface area (Å²) < 4.78 is 31.7. The van der Waals surface area contributed by atoms with Crippen molar-refractivity contribution in [3.05, 3.63) is 17.0 Å². The normalized spacial score (nSPS) is 25.4. The first-order valence-corrected chi connectivity index (χ1v) is 8.05. The third-order valence-corrected chi connectivity index (χ3v) is 6.14. The van der Waals surface area contributed by atoms with Crippen molar-refractivity contribution in [3.63, 3.8) is 0 Å². The second-order valence-electron chi connectivity index (χ2n) is 4.50. The topological polar surface area (TPSA) is 83.9 Å². The van der Waals surface area contributed by atoms with Gasteiger partial charge >= 0.3 is 5.97 Å². The predicted molar refractivity (Wildman–Crippen MR) is 70.0 cm³/mol. The lowest BCUT2D eigenvalue weighted by molar-refractivity contribution is -0.0440. The summed E-state index contributed by atoms with van der Waals surface area (Å²) in [5.41, 5.74) is 0. The molecule has 2 heterocycles. The van der Waals surface area contributed by atoms with Crippen molar-refractivity contribution >= 4 is 27.3 Å². The summed E-state index contributed by atoms with van der Waals surface area (Å²) in [5, 5.41) is 8.84. The Morgan fingerprint density at radius 3 is 2.42 bits per heavy atom. The fourth-order valence-corrected chi connectivity index (χ4v) is 4.92. The summed E-state index contributed by atoms with van der Waals surface area (Å²) in [5.74, 6) is -1.12. The Kier molecular flexibility index (Phi) is 3.95. The summed E-state index contributed by atoms with van der Waals surface area (Å²) in [6.07, 6.45) is -0.338. The van der Waals surface area contributed by atoms with Crippen LogP contribution in [0.4, 0.5) is 0 Å². The van der Waals surface area contributed by atoms with E-state index in [1.807, 2.05) is 13.8 Å². The Morgan fingerprint density at radius 1 is 1.37 bits per heavy atom. The zero-order chi connectivity index (χ0) is 14.2. The summed E-state index contributed by atoms with van der Waals surface area (Å²) in [6, 6.07) is 2.65. The van der Waals surface area contributed by atoms with Gasteiger partial charge in [-0.2, -0.15) is 4.31 Å². The maximum absolute atomic E-state index is 12.4. The van der Waals surface area contributed by atoms with Gasteiger partial charge in [0.25, 0.3) is 10.0 Å². The molecule has 1 fully saturated rings. The Morgan fingerprint density at radius 2 is 1.95 bits per heavy atom. The molecule has 0 aliphatic carbocycles. The monoisotopic (exact) mass is 305 g/mol. The molecule has 19 heavy (non-hydrogen) atoms. The second-order valence-corrected chi connectivity index (χ2v) is 7.75. The second kappa shape index (κ2) is 5.20. The number of morpholine rings is 1. The highest BCUT2D eigenvalue weighted by atomic mass is 32.2. The number of carbonyl (C=O) groups is 1. The number of thiophene rings is 1. The molecule has 1 aromatic rings. The number of carboxylic acids is 1. The van der Waals surface area contributed by atoms with E-state index in [0.29, 0.717) is 0 Å². The van der Waals surface area contributed by atoms with Crippen LogP contribution >= 0.6 is 11.3 Å². The fraction of sp³-hybridized carbons (Fsp3) is 0.545. The van der Waals surface area contributed by atoms with Gasteiger partial charge in [-0.1, -0.05) is 0 Å². The molecule has 2 rings (SSSR count). The van der Waals surface area contributed by atoms with Gasteiger partial charge in [0.15, 0.2) is 0 Å². The molecule has 1 saturated heterocycles. The van der Waals surface area contributed by atoms with E-state index >= 15 is 0 Å². The van der Waals surface area contributed by atoms with Gasteiger partial charge < -0.3 is 9.84 Å². The van der Waals surface area contributed by atoms with E-state index in [2.05, 4.69) is 0 Å². The smallest absolute Gasteiger partial charge is 0.345 e. The minimum Gasteiger partial charge on any atom is -0.477 e. The molecular formula is C11H15NO5S2. The van der Waals surface area contributed by atoms with E-state index in [4.69, 9.17) is 9.84 Å². The van der Waals surface area contributed by atoms with Crippen molar-refractivity contribution in [1.82, 2.24) is 4.31 Å². The van der Waals surface area contributed by atoms with E-state index in [9.17, 15) is 13.2 Å². The molecule has 2 unspecified atom stereocenters. The molecule has 0 amide bonds. The van der Waals surface area contributed by atoms with Crippen LogP contribution in [0.2, 0.25) is 0 Å². The molecule has 6 nitrogen and oxygen atoms in total. The van der Waals surface area contributed by atoms with Crippen LogP contribution in [0, 0.1) is 0 Å². The highest BCUT2D eigenvalue weighted by Gasteiger charge is 2.33. The van der Waals surface area contributed by atoms with Crippen LogP contribution in [0.1, 0.15) is 23.5 Å². The minimum atomic E-state index is -3.63. The van der Waals surface area contributed by atoms with Crippen LogP contribution in [0.5, 0.6) is 0 Å². The molecular weight excluding hydrogens is 290 g/mol. The van der Waals surface area contributed by atoms with Gasteiger partial charge in [0.2, 0.25) is 0 Å². The Hall–Kier alpha value is -0.960. The molecule has 1 aliphatic rings. The van der Waals surface area contributed by atoms with Crippen LogP contribution in [0.25, 0.3) is 0 Å². The lowest BCUT2D eigenvalue weighted by Gasteiger charge is -2.34. The van der Waals surface area contributed by atoms with Crippen LogP contribution in [0.3, 0.4) is 0 Å². The summed E-state index contributed by atoms with van der Waals surface area (Å²) >= 11 is 0.774. The van der Waals surface area contributed by atoms with Crippen molar-refractivity contribution in [2.24, 2.45) is 0 Å². The molecule has 0 aromatic carbocycles. The van der Waals surface area contributed by atoms with Crippen molar-refractivity contribution in [3.8, 4) is 0 Å². The van der Waals surface area contributed by atoms with E-state index in [0.717, 1.165) is 11.3 Å². The molecule has 1 aliphatic heterocycles. The van der Waals surface area contributed by atoms with E-state index in [1.54, 1.807) is 0 Å². The third-order valence-electron chi connectivity index (χ3n) is 2.77. The van der Waals surface area contributed by atoms with Crippen LogP contribution in [0.15, 0.2) is 16.3 Å². The van der Waals surface area contributed by atoms with Gasteiger partial charge in [0, 0.05) is 13.1 Å². The Balaban J connectivity index is 2.28. The molecule has 0 saturated carbocycles. The number of hydrogen-bond acceptors (Lipinski definition) is 5. The molecule has 0 radical (unpaired) electrons. The van der Waals surface area contributed by atoms with E-state index in [1.165, 1.54) is 16.4 Å². The molecule has 0 spiro atoms. The number of nitrogens with zero attached hydrogens (tertiary/aromatic N) is 1. The van der Waals surface area contributed by atoms with Crippen molar-refractivity contribution in [1.29, 1.82) is 0 Å². The van der Waals surface area contributed by atoms with Crippen LogP contribution in [-0.4, -0.2) is 49.1 Å². The first-order valence-electron chi connectivity index (χ1n) is 5.79. The van der Waals surface area contributed by atoms with E-state index < -0.39 is 16.0 Å². The minimum absolute atomic E-state index is 0.0212. The average Bonchev–Trinajstić information content (AvgIpc) is 2.77. The van der Waals surface area contributed by atoms with Crippen molar-refractivity contribution in [2.75, 3.05) is 13.1 Å². The van der Waals surface area contributed by atoms with Crippen LogP contribution in [-0.2, 0) is 14.8 Å². The maximum Gasteiger partial charge on any atom is 0.345 e. The van der Waals surface area contributed by atoms with Gasteiger partial charge in [0.05, 0.1) is 12.2 Å². The predicted octanol–water partition coefficient (Wildman–Crippen LogP) is 1.24. The largest absolute Gasteiger partial charge is 0.477 e. The number of ether oxygens (including phenoxy) is 1. The Bertz CT molecular complexity index is 570. The zero-order valence-electron chi connectivity index (χ0n) is 10.6. The van der Waals surface area contributed by atoms with Crippen LogP contribution < -0.4 is 0 Å². The number of carboxylic acid groups (broad SMARTS) is 1. The molecule has 8 heteroatoms. The van der Waals surface area contributed by atoms with Gasteiger partial charge in [0.1, 0.15) is 9.09 Å². The lowest BCUT2D eigenvalue weighted by atomic mass is 10.3. The van der Waals surface area contributed by atoms with Crippen molar-refractivity contribution in [2.45, 2.75) is 30.3 Å². The SMILES string of the molecule is CC1CN(S(=O)(=O)c2ccc(C(=O)O)s2)CC(C)O1. The fourth-order valence-electron chi connectivity index (χ4n) is 2.03. The highest BCUT2D eigenvalue weighted by Crippen LogP contribution is 2.27. The molecule has 106 valence electrons.